The van der Waals surface area contributed by atoms with Gasteiger partial charge in [-0.2, -0.15) is 0 Å². The van der Waals surface area contributed by atoms with Crippen LogP contribution in [0.3, 0.4) is 0 Å². The van der Waals surface area contributed by atoms with Crippen LogP contribution in [0, 0.1) is 13.8 Å². The summed E-state index contributed by atoms with van der Waals surface area (Å²) in [6.45, 7) is 8.14. The predicted octanol–water partition coefficient (Wildman–Crippen LogP) is 4.07. The minimum Gasteiger partial charge on any atom is -0.494 e. The van der Waals surface area contributed by atoms with Gasteiger partial charge in [-0.05, 0) is 68.1 Å². The van der Waals surface area contributed by atoms with Crippen molar-refractivity contribution < 1.29 is 13.2 Å². The molecular formula is C18H23NO3S. The molecule has 0 aromatic heterocycles. The molecule has 2 aromatic carbocycles. The Labute approximate surface area is 138 Å². The van der Waals surface area contributed by atoms with Gasteiger partial charge in [0.1, 0.15) is 5.75 Å². The van der Waals surface area contributed by atoms with Gasteiger partial charge in [0.25, 0.3) is 10.0 Å². The summed E-state index contributed by atoms with van der Waals surface area (Å²) in [7, 11) is -3.62. The maximum atomic E-state index is 12.6. The fourth-order valence-corrected chi connectivity index (χ4v) is 3.75. The Bertz CT molecular complexity index is 781. The number of nitrogens with one attached hydrogen (secondary N) is 1. The molecule has 0 aliphatic carbocycles. The maximum Gasteiger partial charge on any atom is 0.262 e. The van der Waals surface area contributed by atoms with Crippen molar-refractivity contribution in [1.82, 2.24) is 0 Å². The molecule has 0 heterocycles. The highest BCUT2D eigenvalue weighted by Crippen LogP contribution is 2.27. The van der Waals surface area contributed by atoms with Gasteiger partial charge in [-0.1, -0.05) is 19.1 Å². The van der Waals surface area contributed by atoms with Gasteiger partial charge in [0.2, 0.25) is 0 Å². The standard InChI is InChI=1S/C18H23NO3S/c1-5-15-7-9-16(10-8-15)19-23(20,21)18-12-13(3)17(22-6-2)11-14(18)4/h7-12,19H,5-6H2,1-4H3. The van der Waals surface area contributed by atoms with Gasteiger partial charge in [0, 0.05) is 5.69 Å². The molecule has 124 valence electrons. The Morgan fingerprint density at radius 1 is 1.00 bits per heavy atom. The SMILES string of the molecule is CCOc1cc(C)c(S(=O)(=O)Nc2ccc(CC)cc2)cc1C. The molecule has 0 spiro atoms. The van der Waals surface area contributed by atoms with Crippen molar-refractivity contribution in [2.75, 3.05) is 11.3 Å². The van der Waals surface area contributed by atoms with E-state index in [1.165, 1.54) is 5.56 Å². The number of aryl methyl sites for hydroxylation is 3. The van der Waals surface area contributed by atoms with E-state index in [1.54, 1.807) is 31.2 Å². The average molecular weight is 333 g/mol. The molecule has 1 N–H and O–H groups in total. The number of sulfonamides is 1. The monoisotopic (exact) mass is 333 g/mol. The van der Waals surface area contributed by atoms with Crippen molar-refractivity contribution in [2.45, 2.75) is 39.0 Å². The summed E-state index contributed by atoms with van der Waals surface area (Å²) in [4.78, 5) is 0.276. The number of anilines is 1. The van der Waals surface area contributed by atoms with Crippen LogP contribution in [0.4, 0.5) is 5.69 Å². The van der Waals surface area contributed by atoms with E-state index in [2.05, 4.69) is 11.6 Å². The summed E-state index contributed by atoms with van der Waals surface area (Å²) in [5, 5.41) is 0. The summed E-state index contributed by atoms with van der Waals surface area (Å²) >= 11 is 0. The molecule has 0 saturated heterocycles. The molecular weight excluding hydrogens is 310 g/mol. The van der Waals surface area contributed by atoms with Crippen molar-refractivity contribution in [3.8, 4) is 5.75 Å². The number of benzene rings is 2. The van der Waals surface area contributed by atoms with Gasteiger partial charge in [-0.25, -0.2) is 8.42 Å². The molecule has 4 nitrogen and oxygen atoms in total. The van der Waals surface area contributed by atoms with Crippen molar-refractivity contribution in [3.63, 3.8) is 0 Å². The molecule has 0 aliphatic rings. The Kier molecular flexibility index (Phi) is 5.31. The zero-order valence-corrected chi connectivity index (χ0v) is 14.8. The van der Waals surface area contributed by atoms with Crippen LogP contribution in [0.5, 0.6) is 5.75 Å². The quantitative estimate of drug-likeness (QED) is 0.867. The second-order valence-electron chi connectivity index (χ2n) is 5.47. The topological polar surface area (TPSA) is 55.4 Å². The summed E-state index contributed by atoms with van der Waals surface area (Å²) < 4.78 is 33.4. The van der Waals surface area contributed by atoms with Crippen LogP contribution in [-0.2, 0) is 16.4 Å². The van der Waals surface area contributed by atoms with Crippen LogP contribution in [0.2, 0.25) is 0 Å². The zero-order valence-electron chi connectivity index (χ0n) is 14.0. The van der Waals surface area contributed by atoms with E-state index < -0.39 is 10.0 Å². The van der Waals surface area contributed by atoms with E-state index in [-0.39, 0.29) is 4.90 Å². The second-order valence-corrected chi connectivity index (χ2v) is 7.12. The maximum absolute atomic E-state index is 12.6. The number of rotatable bonds is 6. The van der Waals surface area contributed by atoms with E-state index in [0.29, 0.717) is 17.9 Å². The zero-order chi connectivity index (χ0) is 17.0. The van der Waals surface area contributed by atoms with Crippen molar-refractivity contribution >= 4 is 15.7 Å². The van der Waals surface area contributed by atoms with Gasteiger partial charge < -0.3 is 4.74 Å². The fourth-order valence-electron chi connectivity index (χ4n) is 2.38. The Balaban J connectivity index is 2.33. The normalized spacial score (nSPS) is 11.3. The van der Waals surface area contributed by atoms with E-state index in [4.69, 9.17) is 4.74 Å². The third-order valence-electron chi connectivity index (χ3n) is 3.68. The molecule has 0 saturated carbocycles. The summed E-state index contributed by atoms with van der Waals surface area (Å²) in [5.41, 5.74) is 3.20. The molecule has 5 heteroatoms. The van der Waals surface area contributed by atoms with Crippen LogP contribution < -0.4 is 9.46 Å². The van der Waals surface area contributed by atoms with Gasteiger partial charge in [-0.15, -0.1) is 0 Å². The third kappa shape index (κ3) is 4.05. The molecule has 2 rings (SSSR count). The average Bonchev–Trinajstić information content (AvgIpc) is 2.51. The minimum atomic E-state index is -3.62. The van der Waals surface area contributed by atoms with Gasteiger partial charge in [0.05, 0.1) is 11.5 Å². The van der Waals surface area contributed by atoms with E-state index in [1.807, 2.05) is 26.0 Å². The molecule has 0 bridgehead atoms. The molecule has 0 unspecified atom stereocenters. The van der Waals surface area contributed by atoms with Gasteiger partial charge in [0.15, 0.2) is 0 Å². The number of ether oxygens (including phenoxy) is 1. The second kappa shape index (κ2) is 7.04. The summed E-state index contributed by atoms with van der Waals surface area (Å²) in [6, 6.07) is 10.8. The molecule has 0 amide bonds. The molecule has 0 radical (unpaired) electrons. The van der Waals surface area contributed by atoms with Gasteiger partial charge in [-0.3, -0.25) is 4.72 Å². The Hall–Kier alpha value is -2.01. The minimum absolute atomic E-state index is 0.276. The highest BCUT2D eigenvalue weighted by Gasteiger charge is 2.19. The van der Waals surface area contributed by atoms with Crippen LogP contribution in [0.25, 0.3) is 0 Å². The largest absolute Gasteiger partial charge is 0.494 e. The summed E-state index contributed by atoms with van der Waals surface area (Å²) in [5.74, 6) is 0.719. The first kappa shape index (κ1) is 17.3. The molecule has 23 heavy (non-hydrogen) atoms. The molecule has 0 aliphatic heterocycles. The fraction of sp³-hybridized carbons (Fsp3) is 0.333. The number of hydrogen-bond donors (Lipinski definition) is 1. The molecule has 2 aromatic rings. The summed E-state index contributed by atoms with van der Waals surface area (Å²) in [6.07, 6.45) is 0.921. The Morgan fingerprint density at radius 2 is 1.65 bits per heavy atom. The first-order chi connectivity index (χ1) is 10.9. The van der Waals surface area contributed by atoms with Crippen molar-refractivity contribution in [2.24, 2.45) is 0 Å². The highest BCUT2D eigenvalue weighted by atomic mass is 32.2. The van der Waals surface area contributed by atoms with Crippen molar-refractivity contribution in [3.05, 3.63) is 53.1 Å². The van der Waals surface area contributed by atoms with Crippen LogP contribution >= 0.6 is 0 Å². The van der Waals surface area contributed by atoms with Crippen molar-refractivity contribution in [1.29, 1.82) is 0 Å². The molecule has 0 fully saturated rings. The Morgan fingerprint density at radius 3 is 2.22 bits per heavy atom. The van der Waals surface area contributed by atoms with Crippen LogP contribution in [0.15, 0.2) is 41.3 Å². The predicted molar refractivity (Wildman–Crippen MR) is 93.7 cm³/mol. The van der Waals surface area contributed by atoms with E-state index in [0.717, 1.165) is 17.7 Å². The lowest BCUT2D eigenvalue weighted by atomic mass is 10.1. The van der Waals surface area contributed by atoms with Crippen LogP contribution in [-0.4, -0.2) is 15.0 Å². The highest BCUT2D eigenvalue weighted by molar-refractivity contribution is 7.92. The lowest BCUT2D eigenvalue weighted by Crippen LogP contribution is -2.14. The van der Waals surface area contributed by atoms with E-state index >= 15 is 0 Å². The first-order valence-electron chi connectivity index (χ1n) is 7.73. The third-order valence-corrected chi connectivity index (χ3v) is 5.20. The molecule has 0 atom stereocenters. The first-order valence-corrected chi connectivity index (χ1v) is 9.21. The lowest BCUT2D eigenvalue weighted by Gasteiger charge is -2.14. The van der Waals surface area contributed by atoms with Crippen LogP contribution in [0.1, 0.15) is 30.5 Å². The van der Waals surface area contributed by atoms with E-state index in [9.17, 15) is 8.42 Å². The number of hydrogen-bond acceptors (Lipinski definition) is 3. The van der Waals surface area contributed by atoms with Gasteiger partial charge >= 0.3 is 0 Å². The lowest BCUT2D eigenvalue weighted by molar-refractivity contribution is 0.337. The smallest absolute Gasteiger partial charge is 0.262 e.